The van der Waals surface area contributed by atoms with E-state index in [1.54, 1.807) is 4.52 Å². The van der Waals surface area contributed by atoms with Crippen LogP contribution in [0.15, 0.2) is 12.3 Å². The quantitative estimate of drug-likeness (QED) is 0.895. The molecule has 128 valence electrons. The molecule has 2 aromatic rings. The summed E-state index contributed by atoms with van der Waals surface area (Å²) in [7, 11) is 0. The molecule has 2 N–H and O–H groups in total. The Kier molecular flexibility index (Phi) is 4.26. The van der Waals surface area contributed by atoms with Gasteiger partial charge < -0.3 is 10.4 Å². The molecule has 0 aromatic carbocycles. The molecule has 24 heavy (non-hydrogen) atoms. The lowest BCUT2D eigenvalue weighted by atomic mass is 9.74. The summed E-state index contributed by atoms with van der Waals surface area (Å²) in [6.45, 7) is 3.83. The number of aromatic nitrogens is 3. The van der Waals surface area contributed by atoms with E-state index in [0.717, 1.165) is 25.0 Å². The van der Waals surface area contributed by atoms with Gasteiger partial charge in [0.25, 0.3) is 5.91 Å². The van der Waals surface area contributed by atoms with E-state index in [-0.39, 0.29) is 12.5 Å². The number of hydrogen-bond donors (Lipinski definition) is 2. The lowest BCUT2D eigenvalue weighted by Gasteiger charge is -2.33. The smallest absolute Gasteiger partial charge is 0.311 e. The van der Waals surface area contributed by atoms with Crippen molar-refractivity contribution < 1.29 is 14.7 Å². The van der Waals surface area contributed by atoms with Crippen molar-refractivity contribution in [2.75, 3.05) is 6.54 Å². The first-order valence-corrected chi connectivity index (χ1v) is 8.26. The van der Waals surface area contributed by atoms with Crippen LogP contribution in [0.1, 0.15) is 53.8 Å². The van der Waals surface area contributed by atoms with E-state index < -0.39 is 11.4 Å². The first-order chi connectivity index (χ1) is 11.4. The summed E-state index contributed by atoms with van der Waals surface area (Å²) < 4.78 is 1.64. The Morgan fingerprint density at radius 1 is 1.29 bits per heavy atom. The highest BCUT2D eigenvalue weighted by atomic mass is 16.4. The van der Waals surface area contributed by atoms with Crippen molar-refractivity contribution in [2.24, 2.45) is 5.41 Å². The zero-order chi connectivity index (χ0) is 17.3. The lowest BCUT2D eigenvalue weighted by Crippen LogP contribution is -2.44. The molecule has 0 atom stereocenters. The lowest BCUT2D eigenvalue weighted by molar-refractivity contribution is -0.150. The van der Waals surface area contributed by atoms with Crippen LogP contribution in [-0.4, -0.2) is 38.1 Å². The van der Waals surface area contributed by atoms with Gasteiger partial charge in [-0.25, -0.2) is 9.50 Å². The fraction of sp³-hybridized carbons (Fsp3) is 0.529. The predicted octanol–water partition coefficient (Wildman–Crippen LogP) is 2.11. The van der Waals surface area contributed by atoms with Gasteiger partial charge in [0.2, 0.25) is 0 Å². The summed E-state index contributed by atoms with van der Waals surface area (Å²) in [6.07, 6.45) is 5.58. The average molecular weight is 330 g/mol. The summed E-state index contributed by atoms with van der Waals surface area (Å²) in [6, 6.07) is 1.84. The van der Waals surface area contributed by atoms with Crippen molar-refractivity contribution in [1.82, 2.24) is 19.9 Å². The van der Waals surface area contributed by atoms with Crippen molar-refractivity contribution in [3.8, 4) is 0 Å². The van der Waals surface area contributed by atoms with Crippen molar-refractivity contribution in [3.05, 3.63) is 29.2 Å². The predicted molar refractivity (Wildman–Crippen MR) is 87.9 cm³/mol. The summed E-state index contributed by atoms with van der Waals surface area (Å²) in [5.41, 5.74) is 1.79. The molecule has 7 nitrogen and oxygen atoms in total. The van der Waals surface area contributed by atoms with Crippen LogP contribution in [0, 0.1) is 19.3 Å². The Morgan fingerprint density at radius 2 is 2.00 bits per heavy atom. The van der Waals surface area contributed by atoms with E-state index in [1.807, 2.05) is 19.9 Å². The number of rotatable bonds is 4. The summed E-state index contributed by atoms with van der Waals surface area (Å²) in [5.74, 6) is -1.13. The van der Waals surface area contributed by atoms with Crippen LogP contribution in [0.25, 0.3) is 5.65 Å². The van der Waals surface area contributed by atoms with E-state index >= 15 is 0 Å². The Morgan fingerprint density at radius 3 is 2.67 bits per heavy atom. The Balaban J connectivity index is 1.79. The van der Waals surface area contributed by atoms with Gasteiger partial charge in [-0.3, -0.25) is 9.59 Å². The number of carbonyl (C=O) groups is 2. The van der Waals surface area contributed by atoms with Gasteiger partial charge >= 0.3 is 5.97 Å². The van der Waals surface area contributed by atoms with E-state index in [4.69, 9.17) is 0 Å². The van der Waals surface area contributed by atoms with Gasteiger partial charge in [-0.05, 0) is 26.7 Å². The van der Waals surface area contributed by atoms with Crippen molar-refractivity contribution in [1.29, 1.82) is 0 Å². The van der Waals surface area contributed by atoms with Gasteiger partial charge in [0.15, 0.2) is 5.65 Å². The molecule has 3 rings (SSSR count). The van der Waals surface area contributed by atoms with E-state index in [0.29, 0.717) is 29.7 Å². The molecule has 0 bridgehead atoms. The Hall–Kier alpha value is -2.44. The SMILES string of the molecule is Cc1cc2ncc(C(=O)NCC3(C(=O)O)CCCCC3)c(C)n2n1. The minimum atomic E-state index is -0.846. The van der Waals surface area contributed by atoms with Crippen molar-refractivity contribution in [2.45, 2.75) is 46.0 Å². The van der Waals surface area contributed by atoms with Crippen LogP contribution in [0.2, 0.25) is 0 Å². The molecule has 2 aromatic heterocycles. The van der Waals surface area contributed by atoms with Crippen LogP contribution >= 0.6 is 0 Å². The summed E-state index contributed by atoms with van der Waals surface area (Å²) >= 11 is 0. The number of nitrogens with zero attached hydrogens (tertiary/aromatic N) is 3. The first kappa shape index (κ1) is 16.4. The normalized spacial score (nSPS) is 16.9. The molecule has 0 unspecified atom stereocenters. The number of aliphatic carboxylic acids is 1. The minimum Gasteiger partial charge on any atom is -0.481 e. The molecule has 0 aliphatic heterocycles. The fourth-order valence-corrected chi connectivity index (χ4v) is 3.43. The Bertz CT molecular complexity index is 790. The second-order valence-corrected chi connectivity index (χ2v) is 6.64. The van der Waals surface area contributed by atoms with Gasteiger partial charge in [0, 0.05) is 18.8 Å². The number of nitrogens with one attached hydrogen (secondary N) is 1. The summed E-state index contributed by atoms with van der Waals surface area (Å²) in [4.78, 5) is 28.5. The van der Waals surface area contributed by atoms with Crippen molar-refractivity contribution >= 4 is 17.5 Å². The highest BCUT2D eigenvalue weighted by Crippen LogP contribution is 2.36. The second kappa shape index (κ2) is 6.22. The molecule has 7 heteroatoms. The van der Waals surface area contributed by atoms with Gasteiger partial charge in [0.1, 0.15) is 0 Å². The van der Waals surface area contributed by atoms with Gasteiger partial charge in [-0.2, -0.15) is 5.10 Å². The number of carboxylic acid groups (broad SMARTS) is 1. The molecule has 0 radical (unpaired) electrons. The molecular weight excluding hydrogens is 308 g/mol. The molecule has 0 saturated heterocycles. The number of hydrogen-bond acceptors (Lipinski definition) is 4. The molecule has 1 aliphatic carbocycles. The number of aryl methyl sites for hydroxylation is 2. The zero-order valence-electron chi connectivity index (χ0n) is 14.0. The standard InChI is InChI=1S/C17H22N4O3/c1-11-8-14-18-9-13(12(2)21(14)20-11)15(22)19-10-17(16(23)24)6-4-3-5-7-17/h8-9H,3-7,10H2,1-2H3,(H,19,22)(H,23,24). The zero-order valence-corrected chi connectivity index (χ0v) is 14.0. The van der Waals surface area contributed by atoms with Gasteiger partial charge in [-0.1, -0.05) is 19.3 Å². The third kappa shape index (κ3) is 2.86. The highest BCUT2D eigenvalue weighted by molar-refractivity contribution is 5.95. The first-order valence-electron chi connectivity index (χ1n) is 8.26. The molecule has 1 fully saturated rings. The van der Waals surface area contributed by atoms with Crippen molar-refractivity contribution in [3.63, 3.8) is 0 Å². The van der Waals surface area contributed by atoms with Crippen LogP contribution in [-0.2, 0) is 4.79 Å². The number of carboxylic acids is 1. The van der Waals surface area contributed by atoms with E-state index in [1.165, 1.54) is 6.20 Å². The third-order valence-electron chi connectivity index (χ3n) is 4.94. The third-order valence-corrected chi connectivity index (χ3v) is 4.94. The molecule has 2 heterocycles. The van der Waals surface area contributed by atoms with Crippen LogP contribution < -0.4 is 5.32 Å². The number of carbonyl (C=O) groups excluding carboxylic acids is 1. The van der Waals surface area contributed by atoms with Crippen LogP contribution in [0.5, 0.6) is 0 Å². The van der Waals surface area contributed by atoms with E-state index in [2.05, 4.69) is 15.4 Å². The molecular formula is C17H22N4O3. The minimum absolute atomic E-state index is 0.150. The molecule has 1 aliphatic rings. The van der Waals surface area contributed by atoms with Crippen LogP contribution in [0.4, 0.5) is 0 Å². The second-order valence-electron chi connectivity index (χ2n) is 6.64. The monoisotopic (exact) mass is 330 g/mol. The molecule has 1 saturated carbocycles. The Labute approximate surface area is 140 Å². The number of amides is 1. The van der Waals surface area contributed by atoms with Gasteiger partial charge in [0.05, 0.1) is 22.4 Å². The molecule has 1 amide bonds. The fourth-order valence-electron chi connectivity index (χ4n) is 3.43. The highest BCUT2D eigenvalue weighted by Gasteiger charge is 2.39. The largest absolute Gasteiger partial charge is 0.481 e. The molecule has 0 spiro atoms. The maximum atomic E-state index is 12.5. The topological polar surface area (TPSA) is 96.6 Å². The average Bonchev–Trinajstić information content (AvgIpc) is 2.95. The van der Waals surface area contributed by atoms with Crippen LogP contribution in [0.3, 0.4) is 0 Å². The van der Waals surface area contributed by atoms with E-state index in [9.17, 15) is 14.7 Å². The maximum absolute atomic E-state index is 12.5. The summed E-state index contributed by atoms with van der Waals surface area (Å²) in [5, 5.41) is 16.7. The number of fused-ring (bicyclic) bond motifs is 1. The maximum Gasteiger partial charge on any atom is 0.311 e. The van der Waals surface area contributed by atoms with Gasteiger partial charge in [-0.15, -0.1) is 0 Å².